The first kappa shape index (κ1) is 12.5. The quantitative estimate of drug-likeness (QED) is 0.872. The molecular formula is C13H18F2N2. The molecule has 2 rings (SSSR count). The average molecular weight is 240 g/mol. The lowest BCUT2D eigenvalue weighted by atomic mass is 9.99. The number of nitrogens with zero attached hydrogens (tertiary/aromatic N) is 1. The van der Waals surface area contributed by atoms with Crippen LogP contribution in [0, 0.1) is 0 Å². The Morgan fingerprint density at radius 3 is 2.29 bits per heavy atom. The van der Waals surface area contributed by atoms with Crippen molar-refractivity contribution >= 4 is 0 Å². The van der Waals surface area contributed by atoms with E-state index < -0.39 is 12.0 Å². The minimum absolute atomic E-state index is 0.670. The number of rotatable bonds is 3. The van der Waals surface area contributed by atoms with Crippen LogP contribution in [0.1, 0.15) is 18.5 Å². The van der Waals surface area contributed by atoms with Crippen molar-refractivity contribution in [3.05, 3.63) is 35.9 Å². The Kier molecular flexibility index (Phi) is 3.74. The smallest absolute Gasteiger partial charge is 0.264 e. The van der Waals surface area contributed by atoms with Gasteiger partial charge in [-0.25, -0.2) is 8.78 Å². The van der Waals surface area contributed by atoms with Gasteiger partial charge >= 0.3 is 0 Å². The molecule has 1 N–H and O–H groups in total. The Morgan fingerprint density at radius 1 is 1.18 bits per heavy atom. The molecule has 1 atom stereocenters. The van der Waals surface area contributed by atoms with Gasteiger partial charge in [0.1, 0.15) is 0 Å². The van der Waals surface area contributed by atoms with Gasteiger partial charge in [0.2, 0.25) is 0 Å². The van der Waals surface area contributed by atoms with Crippen LogP contribution in [0.2, 0.25) is 0 Å². The predicted molar refractivity (Wildman–Crippen MR) is 64.2 cm³/mol. The SMILES string of the molecule is CC(F)(F)C(c1ccccc1)N1CCNCC1. The van der Waals surface area contributed by atoms with Crippen molar-refractivity contribution < 1.29 is 8.78 Å². The number of piperazine rings is 1. The fourth-order valence-corrected chi connectivity index (χ4v) is 2.40. The van der Waals surface area contributed by atoms with Crippen molar-refractivity contribution in [2.45, 2.75) is 18.9 Å². The molecule has 0 saturated carbocycles. The van der Waals surface area contributed by atoms with E-state index in [1.54, 1.807) is 12.1 Å². The third kappa shape index (κ3) is 3.01. The van der Waals surface area contributed by atoms with E-state index in [4.69, 9.17) is 0 Å². The van der Waals surface area contributed by atoms with Gasteiger partial charge in [0.15, 0.2) is 0 Å². The van der Waals surface area contributed by atoms with Crippen LogP contribution in [-0.4, -0.2) is 37.0 Å². The zero-order chi connectivity index (χ0) is 12.3. The number of hydrogen-bond donors (Lipinski definition) is 1. The molecule has 2 nitrogen and oxygen atoms in total. The van der Waals surface area contributed by atoms with Gasteiger partial charge in [0.05, 0.1) is 6.04 Å². The molecule has 1 heterocycles. The Balaban J connectivity index is 2.25. The fourth-order valence-electron chi connectivity index (χ4n) is 2.40. The molecule has 94 valence electrons. The summed E-state index contributed by atoms with van der Waals surface area (Å²) in [4.78, 5) is 1.87. The van der Waals surface area contributed by atoms with Crippen molar-refractivity contribution in [3.63, 3.8) is 0 Å². The highest BCUT2D eigenvalue weighted by Gasteiger charge is 2.39. The highest BCUT2D eigenvalue weighted by molar-refractivity contribution is 5.21. The van der Waals surface area contributed by atoms with Crippen LogP contribution < -0.4 is 5.32 Å². The molecule has 0 aliphatic carbocycles. The highest BCUT2D eigenvalue weighted by atomic mass is 19.3. The van der Waals surface area contributed by atoms with Crippen molar-refractivity contribution in [1.29, 1.82) is 0 Å². The molecular weight excluding hydrogens is 222 g/mol. The molecule has 17 heavy (non-hydrogen) atoms. The third-order valence-corrected chi connectivity index (χ3v) is 3.11. The van der Waals surface area contributed by atoms with E-state index in [0.29, 0.717) is 18.7 Å². The van der Waals surface area contributed by atoms with Gasteiger partial charge in [0.25, 0.3) is 5.92 Å². The molecule has 1 aliphatic heterocycles. The van der Waals surface area contributed by atoms with Crippen LogP contribution in [0.4, 0.5) is 8.78 Å². The third-order valence-electron chi connectivity index (χ3n) is 3.11. The summed E-state index contributed by atoms with van der Waals surface area (Å²) in [6, 6.07) is 8.23. The molecule has 1 unspecified atom stereocenters. The maximum Gasteiger partial charge on any atom is 0.264 e. The first-order chi connectivity index (χ1) is 8.09. The summed E-state index contributed by atoms with van der Waals surface area (Å²) >= 11 is 0. The van der Waals surface area contributed by atoms with Gasteiger partial charge in [-0.2, -0.15) is 0 Å². The molecule has 0 aromatic heterocycles. The number of halogens is 2. The zero-order valence-electron chi connectivity index (χ0n) is 10.00. The number of nitrogens with one attached hydrogen (secondary N) is 1. The molecule has 1 aromatic carbocycles. The summed E-state index contributed by atoms with van der Waals surface area (Å²) in [5.41, 5.74) is 0.696. The summed E-state index contributed by atoms with van der Waals surface area (Å²) < 4.78 is 27.6. The maximum atomic E-state index is 13.8. The Labute approximate surface area is 101 Å². The second kappa shape index (κ2) is 5.10. The van der Waals surface area contributed by atoms with Gasteiger partial charge in [0, 0.05) is 33.1 Å². The molecule has 1 aromatic rings. The highest BCUT2D eigenvalue weighted by Crippen LogP contribution is 2.35. The molecule has 0 amide bonds. The lowest BCUT2D eigenvalue weighted by Crippen LogP contribution is -2.49. The van der Waals surface area contributed by atoms with Gasteiger partial charge in [-0.3, -0.25) is 4.90 Å². The number of benzene rings is 1. The van der Waals surface area contributed by atoms with Crippen LogP contribution >= 0.6 is 0 Å². The largest absolute Gasteiger partial charge is 0.314 e. The second-order valence-corrected chi connectivity index (χ2v) is 4.56. The summed E-state index contributed by atoms with van der Waals surface area (Å²) in [6.07, 6.45) is 0. The number of alkyl halides is 2. The van der Waals surface area contributed by atoms with Crippen molar-refractivity contribution in [2.24, 2.45) is 0 Å². The van der Waals surface area contributed by atoms with Gasteiger partial charge in [-0.15, -0.1) is 0 Å². The van der Waals surface area contributed by atoms with Crippen LogP contribution in [0.25, 0.3) is 0 Å². The minimum atomic E-state index is -2.72. The van der Waals surface area contributed by atoms with E-state index in [2.05, 4.69) is 5.32 Å². The average Bonchev–Trinajstić information content (AvgIpc) is 2.30. The number of hydrogen-bond acceptors (Lipinski definition) is 2. The molecule has 1 saturated heterocycles. The van der Waals surface area contributed by atoms with E-state index >= 15 is 0 Å². The minimum Gasteiger partial charge on any atom is -0.314 e. The first-order valence-electron chi connectivity index (χ1n) is 5.96. The second-order valence-electron chi connectivity index (χ2n) is 4.56. The van der Waals surface area contributed by atoms with Crippen LogP contribution in [0.3, 0.4) is 0 Å². The van der Waals surface area contributed by atoms with E-state index in [1.165, 1.54) is 0 Å². The van der Waals surface area contributed by atoms with Crippen LogP contribution in [0.15, 0.2) is 30.3 Å². The van der Waals surface area contributed by atoms with E-state index in [9.17, 15) is 8.78 Å². The van der Waals surface area contributed by atoms with Crippen molar-refractivity contribution in [2.75, 3.05) is 26.2 Å². The van der Waals surface area contributed by atoms with Gasteiger partial charge < -0.3 is 5.32 Å². The molecule has 1 aliphatic rings. The standard InChI is InChI=1S/C13H18F2N2/c1-13(14,15)12(11-5-3-2-4-6-11)17-9-7-16-8-10-17/h2-6,12,16H,7-10H2,1H3. The molecule has 0 radical (unpaired) electrons. The van der Waals surface area contributed by atoms with Crippen LogP contribution in [-0.2, 0) is 0 Å². The first-order valence-corrected chi connectivity index (χ1v) is 5.96. The Hall–Kier alpha value is -1.00. The summed E-state index contributed by atoms with van der Waals surface area (Å²) in [5.74, 6) is -2.72. The summed E-state index contributed by atoms with van der Waals surface area (Å²) in [5, 5.41) is 3.19. The fraction of sp³-hybridized carbons (Fsp3) is 0.538. The lowest BCUT2D eigenvalue weighted by molar-refractivity contribution is -0.0716. The lowest BCUT2D eigenvalue weighted by Gasteiger charge is -2.38. The predicted octanol–water partition coefficient (Wildman–Crippen LogP) is 2.29. The summed E-state index contributed by atoms with van der Waals surface area (Å²) in [6.45, 7) is 3.90. The van der Waals surface area contributed by atoms with Gasteiger partial charge in [-0.1, -0.05) is 30.3 Å². The Bertz CT molecular complexity index is 342. The van der Waals surface area contributed by atoms with Gasteiger partial charge in [-0.05, 0) is 5.56 Å². The monoisotopic (exact) mass is 240 g/mol. The van der Waals surface area contributed by atoms with Crippen molar-refractivity contribution in [1.82, 2.24) is 10.2 Å². The maximum absolute atomic E-state index is 13.8. The van der Waals surface area contributed by atoms with E-state index in [0.717, 1.165) is 20.0 Å². The topological polar surface area (TPSA) is 15.3 Å². The van der Waals surface area contributed by atoms with E-state index in [1.807, 2.05) is 23.1 Å². The molecule has 4 heteroatoms. The molecule has 0 spiro atoms. The summed E-state index contributed by atoms with van der Waals surface area (Å²) in [7, 11) is 0. The normalized spacial score (nSPS) is 20.2. The Morgan fingerprint density at radius 2 is 1.76 bits per heavy atom. The van der Waals surface area contributed by atoms with Crippen LogP contribution in [0.5, 0.6) is 0 Å². The molecule has 1 fully saturated rings. The van der Waals surface area contributed by atoms with E-state index in [-0.39, 0.29) is 0 Å². The molecule has 0 bridgehead atoms. The zero-order valence-corrected chi connectivity index (χ0v) is 10.00. The van der Waals surface area contributed by atoms with Crippen molar-refractivity contribution in [3.8, 4) is 0 Å².